The summed E-state index contributed by atoms with van der Waals surface area (Å²) >= 11 is 0. The van der Waals surface area contributed by atoms with Crippen LogP contribution < -0.4 is 0 Å². The average Bonchev–Trinajstić information content (AvgIpc) is 2.48. The molecular formula is C16H32CuO6. The second-order valence-corrected chi connectivity index (χ2v) is 5.41. The SMILES string of the molecule is CCCCCCC(O)C(=O)O.CCCCCCC(O)C(=O)O.[Cu]. The fourth-order valence-electron chi connectivity index (χ4n) is 1.78. The number of aliphatic hydroxyl groups excluding tert-OH is 2. The molecule has 0 aliphatic heterocycles. The summed E-state index contributed by atoms with van der Waals surface area (Å²) in [4.78, 5) is 20.2. The third-order valence-corrected chi connectivity index (χ3v) is 3.23. The molecule has 2 unspecified atom stereocenters. The van der Waals surface area contributed by atoms with E-state index in [0.717, 1.165) is 51.4 Å². The van der Waals surface area contributed by atoms with Gasteiger partial charge in [0, 0.05) is 17.1 Å². The van der Waals surface area contributed by atoms with Crippen LogP contribution in [0, 0.1) is 0 Å². The third-order valence-electron chi connectivity index (χ3n) is 3.23. The van der Waals surface area contributed by atoms with Crippen molar-refractivity contribution >= 4 is 11.9 Å². The zero-order valence-electron chi connectivity index (χ0n) is 14.1. The standard InChI is InChI=1S/2C8H16O3.Cu/c2*1-2-3-4-5-6-7(9)8(10)11;/h2*7,9H,2-6H2,1H3,(H,10,11);. The van der Waals surface area contributed by atoms with Gasteiger partial charge in [0.05, 0.1) is 0 Å². The molecule has 0 aliphatic carbocycles. The number of rotatable bonds is 12. The van der Waals surface area contributed by atoms with E-state index in [4.69, 9.17) is 20.4 Å². The maximum atomic E-state index is 10.1. The molecule has 0 aromatic carbocycles. The molecule has 0 amide bonds. The smallest absolute Gasteiger partial charge is 0.332 e. The van der Waals surface area contributed by atoms with Crippen LogP contribution in [0.2, 0.25) is 0 Å². The summed E-state index contributed by atoms with van der Waals surface area (Å²) in [5.74, 6) is -2.22. The largest absolute Gasteiger partial charge is 0.479 e. The van der Waals surface area contributed by atoms with Crippen LogP contribution >= 0.6 is 0 Å². The molecule has 1 radical (unpaired) electrons. The summed E-state index contributed by atoms with van der Waals surface area (Å²) in [7, 11) is 0. The molecule has 0 saturated carbocycles. The van der Waals surface area contributed by atoms with E-state index in [1.54, 1.807) is 0 Å². The normalized spacial score (nSPS) is 12.3. The van der Waals surface area contributed by atoms with Crippen molar-refractivity contribution in [2.45, 2.75) is 90.3 Å². The Bertz CT molecular complexity index is 258. The number of aliphatic carboxylic acids is 2. The van der Waals surface area contributed by atoms with Gasteiger partial charge >= 0.3 is 11.9 Å². The Labute approximate surface area is 149 Å². The quantitative estimate of drug-likeness (QED) is 0.304. The molecule has 0 bridgehead atoms. The molecule has 6 nitrogen and oxygen atoms in total. The minimum Gasteiger partial charge on any atom is -0.479 e. The van der Waals surface area contributed by atoms with E-state index in [1.165, 1.54) is 0 Å². The van der Waals surface area contributed by atoms with E-state index < -0.39 is 24.1 Å². The van der Waals surface area contributed by atoms with Crippen molar-refractivity contribution in [2.24, 2.45) is 0 Å². The monoisotopic (exact) mass is 383 g/mol. The minimum atomic E-state index is -1.16. The van der Waals surface area contributed by atoms with Crippen LogP contribution in [0.3, 0.4) is 0 Å². The van der Waals surface area contributed by atoms with Gasteiger partial charge in [-0.1, -0.05) is 65.2 Å². The molecule has 0 aromatic rings. The first-order valence-corrected chi connectivity index (χ1v) is 8.18. The van der Waals surface area contributed by atoms with Crippen molar-refractivity contribution in [2.75, 3.05) is 0 Å². The fraction of sp³-hybridized carbons (Fsp3) is 0.875. The second-order valence-electron chi connectivity index (χ2n) is 5.41. The Morgan fingerprint density at radius 3 is 1.22 bits per heavy atom. The Morgan fingerprint density at radius 2 is 1.00 bits per heavy atom. The van der Waals surface area contributed by atoms with E-state index >= 15 is 0 Å². The van der Waals surface area contributed by atoms with Crippen LogP contribution in [-0.2, 0) is 26.7 Å². The van der Waals surface area contributed by atoms with E-state index in [0.29, 0.717) is 12.8 Å². The molecule has 0 saturated heterocycles. The zero-order valence-corrected chi connectivity index (χ0v) is 15.1. The number of aliphatic hydroxyl groups is 2. The molecule has 7 heteroatoms. The van der Waals surface area contributed by atoms with Gasteiger partial charge in [-0.05, 0) is 12.8 Å². The predicted molar refractivity (Wildman–Crippen MR) is 84.8 cm³/mol. The van der Waals surface area contributed by atoms with Crippen LogP contribution in [0.5, 0.6) is 0 Å². The molecule has 23 heavy (non-hydrogen) atoms. The maximum Gasteiger partial charge on any atom is 0.332 e. The van der Waals surface area contributed by atoms with Gasteiger partial charge in [-0.25, -0.2) is 9.59 Å². The van der Waals surface area contributed by atoms with E-state index in [2.05, 4.69) is 13.8 Å². The van der Waals surface area contributed by atoms with Crippen LogP contribution in [0.15, 0.2) is 0 Å². The predicted octanol–water partition coefficient (Wildman–Crippen LogP) is 2.80. The fourth-order valence-corrected chi connectivity index (χ4v) is 1.78. The molecule has 0 aromatic heterocycles. The molecule has 4 N–H and O–H groups in total. The molecule has 0 spiro atoms. The Hall–Kier alpha value is -0.621. The number of hydrogen-bond acceptors (Lipinski definition) is 4. The molecule has 143 valence electrons. The summed E-state index contributed by atoms with van der Waals surface area (Å²) in [6.45, 7) is 4.18. The summed E-state index contributed by atoms with van der Waals surface area (Å²) in [5, 5.41) is 34.2. The minimum absolute atomic E-state index is 0. The summed E-state index contributed by atoms with van der Waals surface area (Å²) in [5.41, 5.74) is 0. The van der Waals surface area contributed by atoms with Crippen LogP contribution in [0.25, 0.3) is 0 Å². The molecule has 0 aliphatic rings. The van der Waals surface area contributed by atoms with Crippen molar-refractivity contribution in [1.82, 2.24) is 0 Å². The molecule has 2 atom stereocenters. The molecule has 0 rings (SSSR count). The van der Waals surface area contributed by atoms with Gasteiger partial charge in [0.1, 0.15) is 0 Å². The number of carboxylic acids is 2. The second kappa shape index (κ2) is 19.4. The van der Waals surface area contributed by atoms with Crippen LogP contribution in [0.4, 0.5) is 0 Å². The molecular weight excluding hydrogens is 352 g/mol. The number of unbranched alkanes of at least 4 members (excludes halogenated alkanes) is 6. The van der Waals surface area contributed by atoms with E-state index in [1.807, 2.05) is 0 Å². The molecule has 0 heterocycles. The van der Waals surface area contributed by atoms with Gasteiger partial charge in [0.15, 0.2) is 12.2 Å². The van der Waals surface area contributed by atoms with Gasteiger partial charge in [-0.2, -0.15) is 0 Å². The van der Waals surface area contributed by atoms with Crippen molar-refractivity contribution in [3.8, 4) is 0 Å². The third kappa shape index (κ3) is 21.4. The van der Waals surface area contributed by atoms with Crippen molar-refractivity contribution in [3.63, 3.8) is 0 Å². The topological polar surface area (TPSA) is 115 Å². The van der Waals surface area contributed by atoms with Gasteiger partial charge in [-0.3, -0.25) is 0 Å². The first-order chi connectivity index (χ1) is 10.4. The first kappa shape index (κ1) is 27.2. The molecule has 0 fully saturated rings. The number of carbonyl (C=O) groups is 2. The van der Waals surface area contributed by atoms with Crippen LogP contribution in [-0.4, -0.2) is 44.6 Å². The number of hydrogen-bond donors (Lipinski definition) is 4. The van der Waals surface area contributed by atoms with E-state index in [-0.39, 0.29) is 17.1 Å². The summed E-state index contributed by atoms with van der Waals surface area (Å²) < 4.78 is 0. The average molecular weight is 384 g/mol. The van der Waals surface area contributed by atoms with Gasteiger partial charge < -0.3 is 20.4 Å². The van der Waals surface area contributed by atoms with Gasteiger partial charge in [0.25, 0.3) is 0 Å². The van der Waals surface area contributed by atoms with E-state index in [9.17, 15) is 9.59 Å². The first-order valence-electron chi connectivity index (χ1n) is 8.18. The Balaban J connectivity index is -0.000000333. The van der Waals surface area contributed by atoms with Crippen molar-refractivity contribution in [3.05, 3.63) is 0 Å². The van der Waals surface area contributed by atoms with Crippen molar-refractivity contribution in [1.29, 1.82) is 0 Å². The summed E-state index contributed by atoms with van der Waals surface area (Å²) in [6, 6.07) is 0. The maximum absolute atomic E-state index is 10.1. The zero-order chi connectivity index (χ0) is 17.4. The summed E-state index contributed by atoms with van der Waals surface area (Å²) in [6.07, 6.45) is 6.58. The number of carboxylic acid groups (broad SMARTS) is 2. The Kier molecular flexibility index (Phi) is 23.0. The van der Waals surface area contributed by atoms with Gasteiger partial charge in [0.2, 0.25) is 0 Å². The van der Waals surface area contributed by atoms with Crippen molar-refractivity contribution < 1.29 is 47.1 Å². The Morgan fingerprint density at radius 1 is 0.696 bits per heavy atom. The van der Waals surface area contributed by atoms with Gasteiger partial charge in [-0.15, -0.1) is 0 Å². The van der Waals surface area contributed by atoms with Crippen LogP contribution in [0.1, 0.15) is 78.1 Å².